The average molecular weight is 190 g/mol. The fraction of sp³-hybridized carbons (Fsp3) is 0.500. The highest BCUT2D eigenvalue weighted by atomic mass is 15.2. The molecule has 1 rings (SSSR count). The van der Waals surface area contributed by atoms with Crippen molar-refractivity contribution in [2.45, 2.75) is 26.3 Å². The van der Waals surface area contributed by atoms with Gasteiger partial charge in [-0.15, -0.1) is 0 Å². The average Bonchev–Trinajstić information content (AvgIpc) is 2.18. The third-order valence-corrected chi connectivity index (χ3v) is 2.24. The third kappa shape index (κ3) is 2.19. The number of hydrogen-bond acceptors (Lipinski definition) is 4. The van der Waals surface area contributed by atoms with Gasteiger partial charge in [-0.1, -0.05) is 0 Å². The second kappa shape index (κ2) is 4.56. The summed E-state index contributed by atoms with van der Waals surface area (Å²) in [5, 5.41) is 8.59. The van der Waals surface area contributed by atoms with Gasteiger partial charge in [0.2, 0.25) is 0 Å². The summed E-state index contributed by atoms with van der Waals surface area (Å²) in [5.74, 6) is 0.843. The van der Waals surface area contributed by atoms with Gasteiger partial charge in [-0.25, -0.2) is 4.98 Å². The molecule has 4 nitrogen and oxygen atoms in total. The molecule has 0 aliphatic heterocycles. The van der Waals surface area contributed by atoms with Crippen molar-refractivity contribution in [3.05, 3.63) is 18.1 Å². The Morgan fingerprint density at radius 2 is 2.14 bits per heavy atom. The van der Waals surface area contributed by atoms with Gasteiger partial charge in [-0.3, -0.25) is 4.98 Å². The molecule has 0 radical (unpaired) electrons. The van der Waals surface area contributed by atoms with Gasteiger partial charge in [0.15, 0.2) is 0 Å². The van der Waals surface area contributed by atoms with Gasteiger partial charge in [0.1, 0.15) is 5.82 Å². The molecule has 0 fully saturated rings. The summed E-state index contributed by atoms with van der Waals surface area (Å²) in [6, 6.07) is 2.31. The molecule has 0 aliphatic rings. The topological polar surface area (TPSA) is 52.8 Å². The number of aromatic nitrogens is 2. The Bertz CT molecular complexity index is 342. The van der Waals surface area contributed by atoms with Gasteiger partial charge >= 0.3 is 0 Å². The summed E-state index contributed by atoms with van der Waals surface area (Å²) in [6.07, 6.45) is 3.83. The predicted molar refractivity (Wildman–Crippen MR) is 54.9 cm³/mol. The Morgan fingerprint density at radius 3 is 2.71 bits per heavy atom. The first-order valence-electron chi connectivity index (χ1n) is 4.54. The third-order valence-electron chi connectivity index (χ3n) is 2.24. The summed E-state index contributed by atoms with van der Waals surface area (Å²) < 4.78 is 0. The van der Waals surface area contributed by atoms with E-state index in [1.807, 2.05) is 25.8 Å². The van der Waals surface area contributed by atoms with E-state index in [-0.39, 0.29) is 6.04 Å². The van der Waals surface area contributed by atoms with Gasteiger partial charge < -0.3 is 4.90 Å². The van der Waals surface area contributed by atoms with E-state index in [0.29, 0.717) is 6.42 Å². The Kier molecular flexibility index (Phi) is 3.41. The number of hydrogen-bond donors (Lipinski definition) is 0. The summed E-state index contributed by atoms with van der Waals surface area (Å²) in [4.78, 5) is 10.4. The van der Waals surface area contributed by atoms with Crippen molar-refractivity contribution < 1.29 is 0 Å². The van der Waals surface area contributed by atoms with Crippen LogP contribution in [0.1, 0.15) is 19.0 Å². The zero-order valence-electron chi connectivity index (χ0n) is 8.73. The smallest absolute Gasteiger partial charge is 0.150 e. The monoisotopic (exact) mass is 190 g/mol. The van der Waals surface area contributed by atoms with Crippen LogP contribution in [0.5, 0.6) is 0 Å². The molecule has 0 spiro atoms. The number of nitriles is 1. The van der Waals surface area contributed by atoms with Crippen LogP contribution in [-0.2, 0) is 0 Å². The molecule has 14 heavy (non-hydrogen) atoms. The molecule has 0 bridgehead atoms. The van der Waals surface area contributed by atoms with Crippen molar-refractivity contribution in [3.8, 4) is 6.07 Å². The van der Waals surface area contributed by atoms with Crippen molar-refractivity contribution in [3.63, 3.8) is 0 Å². The number of nitrogens with zero attached hydrogens (tertiary/aromatic N) is 4. The van der Waals surface area contributed by atoms with E-state index < -0.39 is 0 Å². The van der Waals surface area contributed by atoms with E-state index in [1.165, 1.54) is 0 Å². The normalized spacial score (nSPS) is 11.9. The zero-order valence-corrected chi connectivity index (χ0v) is 8.73. The molecule has 0 saturated heterocycles. The minimum Gasteiger partial charge on any atom is -0.354 e. The van der Waals surface area contributed by atoms with Crippen LogP contribution in [0.25, 0.3) is 0 Å². The maximum atomic E-state index is 8.59. The summed E-state index contributed by atoms with van der Waals surface area (Å²) in [5.41, 5.74) is 0.889. The van der Waals surface area contributed by atoms with E-state index >= 15 is 0 Å². The van der Waals surface area contributed by atoms with Crippen molar-refractivity contribution in [1.82, 2.24) is 9.97 Å². The van der Waals surface area contributed by atoms with Gasteiger partial charge in [0.25, 0.3) is 0 Å². The molecule has 0 amide bonds. The molecule has 0 aromatic carbocycles. The zero-order chi connectivity index (χ0) is 10.6. The summed E-state index contributed by atoms with van der Waals surface area (Å²) >= 11 is 0. The van der Waals surface area contributed by atoms with Crippen molar-refractivity contribution in [2.75, 3.05) is 11.9 Å². The molecule has 1 aromatic heterocycles. The van der Waals surface area contributed by atoms with Crippen molar-refractivity contribution in [1.29, 1.82) is 5.26 Å². The van der Waals surface area contributed by atoms with E-state index in [2.05, 4.69) is 16.0 Å². The van der Waals surface area contributed by atoms with Crippen LogP contribution >= 0.6 is 0 Å². The number of anilines is 1. The second-order valence-electron chi connectivity index (χ2n) is 3.29. The van der Waals surface area contributed by atoms with Gasteiger partial charge in [0, 0.05) is 25.5 Å². The Labute approximate surface area is 84.2 Å². The largest absolute Gasteiger partial charge is 0.354 e. The van der Waals surface area contributed by atoms with Crippen molar-refractivity contribution in [2.24, 2.45) is 0 Å². The predicted octanol–water partition coefficient (Wildman–Crippen LogP) is 1.52. The van der Waals surface area contributed by atoms with Crippen LogP contribution in [-0.4, -0.2) is 23.1 Å². The molecule has 1 heterocycles. The highest BCUT2D eigenvalue weighted by Crippen LogP contribution is 2.15. The molecule has 1 unspecified atom stereocenters. The number of rotatable bonds is 3. The first-order chi connectivity index (χ1) is 6.66. The quantitative estimate of drug-likeness (QED) is 0.725. The fourth-order valence-corrected chi connectivity index (χ4v) is 1.22. The SMILES string of the molecule is Cc1nccnc1N(C)C(C)CC#N. The Balaban J connectivity index is 2.84. The number of aryl methyl sites for hydroxylation is 1. The fourth-order valence-electron chi connectivity index (χ4n) is 1.22. The minimum absolute atomic E-state index is 0.162. The Morgan fingerprint density at radius 1 is 1.50 bits per heavy atom. The van der Waals surface area contributed by atoms with Crippen LogP contribution in [0.4, 0.5) is 5.82 Å². The van der Waals surface area contributed by atoms with E-state index in [9.17, 15) is 0 Å². The minimum atomic E-state index is 0.162. The Hall–Kier alpha value is -1.63. The summed E-state index contributed by atoms with van der Waals surface area (Å²) in [7, 11) is 1.93. The van der Waals surface area contributed by atoms with Crippen LogP contribution in [0.3, 0.4) is 0 Å². The van der Waals surface area contributed by atoms with Gasteiger partial charge in [-0.2, -0.15) is 5.26 Å². The lowest BCUT2D eigenvalue weighted by molar-refractivity contribution is 0.689. The van der Waals surface area contributed by atoms with Crippen molar-refractivity contribution >= 4 is 5.82 Å². The maximum absolute atomic E-state index is 8.59. The molecule has 1 atom stereocenters. The maximum Gasteiger partial charge on any atom is 0.150 e. The molecular formula is C10H14N4. The lowest BCUT2D eigenvalue weighted by Crippen LogP contribution is -2.29. The standard InChI is InChI=1S/C10H14N4/c1-8(4-5-11)14(3)10-9(2)12-6-7-13-10/h6-8H,4H2,1-3H3. The van der Waals surface area contributed by atoms with Crippen LogP contribution in [0, 0.1) is 18.3 Å². The van der Waals surface area contributed by atoms with Crippen LogP contribution in [0.15, 0.2) is 12.4 Å². The lowest BCUT2D eigenvalue weighted by Gasteiger charge is -2.24. The lowest BCUT2D eigenvalue weighted by atomic mass is 10.2. The van der Waals surface area contributed by atoms with E-state index in [0.717, 1.165) is 11.5 Å². The molecule has 0 N–H and O–H groups in total. The highest BCUT2D eigenvalue weighted by molar-refractivity contribution is 5.42. The first-order valence-corrected chi connectivity index (χ1v) is 4.54. The molecule has 74 valence electrons. The molecular weight excluding hydrogens is 176 g/mol. The van der Waals surface area contributed by atoms with E-state index in [1.54, 1.807) is 12.4 Å². The van der Waals surface area contributed by atoms with E-state index in [4.69, 9.17) is 5.26 Å². The molecule has 4 heteroatoms. The highest BCUT2D eigenvalue weighted by Gasteiger charge is 2.12. The molecule has 1 aromatic rings. The second-order valence-corrected chi connectivity index (χ2v) is 3.29. The van der Waals surface area contributed by atoms with Gasteiger partial charge in [0.05, 0.1) is 18.2 Å². The van der Waals surface area contributed by atoms with Crippen LogP contribution < -0.4 is 4.90 Å². The van der Waals surface area contributed by atoms with Crippen LogP contribution in [0.2, 0.25) is 0 Å². The van der Waals surface area contributed by atoms with Gasteiger partial charge in [-0.05, 0) is 13.8 Å². The summed E-state index contributed by atoms with van der Waals surface area (Å²) in [6.45, 7) is 3.91. The first kappa shape index (κ1) is 10.5. The molecule has 0 aliphatic carbocycles. The molecule has 0 saturated carbocycles.